The Morgan fingerprint density at radius 1 is 1.47 bits per heavy atom. The lowest BCUT2D eigenvalue weighted by atomic mass is 10.1. The van der Waals surface area contributed by atoms with Crippen molar-refractivity contribution in [3.05, 3.63) is 33.3 Å². The molecule has 0 spiro atoms. The van der Waals surface area contributed by atoms with Gasteiger partial charge in [-0.25, -0.2) is 0 Å². The van der Waals surface area contributed by atoms with Crippen molar-refractivity contribution in [2.24, 2.45) is 0 Å². The molecule has 0 heterocycles. The van der Waals surface area contributed by atoms with Gasteiger partial charge in [0, 0.05) is 29.0 Å². The Kier molecular flexibility index (Phi) is 5.63. The van der Waals surface area contributed by atoms with Gasteiger partial charge in [0.1, 0.15) is 0 Å². The summed E-state index contributed by atoms with van der Waals surface area (Å²) < 4.78 is 0.887. The molecule has 1 aromatic rings. The molecule has 0 saturated carbocycles. The van der Waals surface area contributed by atoms with Crippen LogP contribution >= 0.6 is 27.5 Å². The Hall–Kier alpha value is -0.380. The molecule has 0 aliphatic heterocycles. The van der Waals surface area contributed by atoms with E-state index in [9.17, 15) is 4.79 Å². The first-order chi connectivity index (χ1) is 7.91. The van der Waals surface area contributed by atoms with Crippen LogP contribution in [0.25, 0.3) is 0 Å². The molecule has 0 aliphatic rings. The van der Waals surface area contributed by atoms with Gasteiger partial charge < -0.3 is 4.90 Å². The normalized spacial score (nSPS) is 11.2. The van der Waals surface area contributed by atoms with Gasteiger partial charge in [-0.2, -0.15) is 0 Å². The van der Waals surface area contributed by atoms with E-state index in [0.717, 1.165) is 11.0 Å². The summed E-state index contributed by atoms with van der Waals surface area (Å²) in [6, 6.07) is 5.80. The van der Waals surface area contributed by atoms with Crippen LogP contribution < -0.4 is 0 Å². The molecule has 17 heavy (non-hydrogen) atoms. The van der Waals surface area contributed by atoms with E-state index in [4.69, 9.17) is 11.6 Å². The maximum Gasteiger partial charge on any atom is 0.165 e. The summed E-state index contributed by atoms with van der Waals surface area (Å²) in [7, 11) is 2.02. The molecule has 0 fully saturated rings. The second kappa shape index (κ2) is 6.53. The van der Waals surface area contributed by atoms with Crippen molar-refractivity contribution >= 4 is 33.3 Å². The number of benzene rings is 1. The number of nitrogens with zero attached hydrogens (tertiary/aromatic N) is 1. The van der Waals surface area contributed by atoms with Crippen LogP contribution in [0.4, 0.5) is 0 Å². The lowest BCUT2D eigenvalue weighted by Crippen LogP contribution is -2.28. The van der Waals surface area contributed by atoms with Gasteiger partial charge in [-0.15, -0.1) is 0 Å². The SMILES string of the molecule is CC(C)N(C)CCC(=O)c1ccc(Br)cc1Cl. The highest BCUT2D eigenvalue weighted by molar-refractivity contribution is 9.10. The maximum atomic E-state index is 12.0. The lowest BCUT2D eigenvalue weighted by molar-refractivity contribution is 0.0964. The molecule has 0 radical (unpaired) electrons. The Bertz CT molecular complexity index is 406. The van der Waals surface area contributed by atoms with Gasteiger partial charge in [0.05, 0.1) is 5.02 Å². The third kappa shape index (κ3) is 4.41. The topological polar surface area (TPSA) is 20.3 Å². The summed E-state index contributed by atoms with van der Waals surface area (Å²) in [6.07, 6.45) is 0.496. The average Bonchev–Trinajstić information content (AvgIpc) is 2.25. The van der Waals surface area contributed by atoms with Crippen molar-refractivity contribution in [2.45, 2.75) is 26.3 Å². The van der Waals surface area contributed by atoms with E-state index in [0.29, 0.717) is 23.0 Å². The predicted molar refractivity (Wildman–Crippen MR) is 75.9 cm³/mol. The van der Waals surface area contributed by atoms with E-state index < -0.39 is 0 Å². The summed E-state index contributed by atoms with van der Waals surface area (Å²) in [5.41, 5.74) is 0.604. The van der Waals surface area contributed by atoms with Crippen molar-refractivity contribution in [1.82, 2.24) is 4.90 Å². The first-order valence-electron chi connectivity index (χ1n) is 5.60. The van der Waals surface area contributed by atoms with Gasteiger partial charge in [0.2, 0.25) is 0 Å². The Labute approximate surface area is 116 Å². The summed E-state index contributed by atoms with van der Waals surface area (Å²) in [6.45, 7) is 4.97. The number of carbonyl (C=O) groups excluding carboxylic acids is 1. The summed E-state index contributed by atoms with van der Waals surface area (Å²) in [5, 5.41) is 0.511. The van der Waals surface area contributed by atoms with Crippen LogP contribution in [0.1, 0.15) is 30.6 Å². The maximum absolute atomic E-state index is 12.0. The first-order valence-corrected chi connectivity index (χ1v) is 6.77. The zero-order chi connectivity index (χ0) is 13.0. The van der Waals surface area contributed by atoms with Crippen molar-refractivity contribution < 1.29 is 4.79 Å². The van der Waals surface area contributed by atoms with Crippen LogP contribution in [0.2, 0.25) is 5.02 Å². The van der Waals surface area contributed by atoms with Crippen LogP contribution in [0.5, 0.6) is 0 Å². The van der Waals surface area contributed by atoms with Crippen molar-refractivity contribution in [2.75, 3.05) is 13.6 Å². The minimum absolute atomic E-state index is 0.0926. The fourth-order valence-corrected chi connectivity index (χ4v) is 2.17. The predicted octanol–water partition coefficient (Wildman–Crippen LogP) is 4.02. The summed E-state index contributed by atoms with van der Waals surface area (Å²) in [5.74, 6) is 0.0926. The second-order valence-electron chi connectivity index (χ2n) is 4.37. The van der Waals surface area contributed by atoms with Crippen LogP contribution in [-0.4, -0.2) is 30.3 Å². The smallest absolute Gasteiger partial charge is 0.165 e. The van der Waals surface area contributed by atoms with Gasteiger partial charge >= 0.3 is 0 Å². The van der Waals surface area contributed by atoms with Gasteiger partial charge in [0.25, 0.3) is 0 Å². The first kappa shape index (κ1) is 14.7. The Balaban J connectivity index is 2.64. The Morgan fingerprint density at radius 3 is 2.65 bits per heavy atom. The number of Topliss-reactive ketones (excluding diaryl/α,β-unsaturated/α-hetero) is 1. The molecule has 1 rings (SSSR count). The molecule has 0 bridgehead atoms. The zero-order valence-corrected chi connectivity index (χ0v) is 12.7. The number of carbonyl (C=O) groups is 1. The van der Waals surface area contributed by atoms with Gasteiger partial charge in [-0.05, 0) is 39.1 Å². The average molecular weight is 319 g/mol. The standard InChI is InChI=1S/C13H17BrClNO/c1-9(2)16(3)7-6-13(17)11-5-4-10(14)8-12(11)15/h4-5,8-9H,6-7H2,1-3H3. The van der Waals surface area contributed by atoms with E-state index in [2.05, 4.69) is 34.7 Å². The Morgan fingerprint density at radius 2 is 2.12 bits per heavy atom. The van der Waals surface area contributed by atoms with Crippen LogP contribution in [0.15, 0.2) is 22.7 Å². The van der Waals surface area contributed by atoms with E-state index in [-0.39, 0.29) is 5.78 Å². The highest BCUT2D eigenvalue weighted by atomic mass is 79.9. The number of hydrogen-bond donors (Lipinski definition) is 0. The molecular weight excluding hydrogens is 302 g/mol. The highest BCUT2D eigenvalue weighted by Gasteiger charge is 2.12. The molecular formula is C13H17BrClNO. The number of ketones is 1. The molecule has 0 atom stereocenters. The number of rotatable bonds is 5. The molecule has 4 heteroatoms. The van der Waals surface area contributed by atoms with E-state index in [1.165, 1.54) is 0 Å². The summed E-state index contributed by atoms with van der Waals surface area (Å²) in [4.78, 5) is 14.1. The minimum Gasteiger partial charge on any atom is -0.304 e. The molecule has 0 aromatic heterocycles. The number of halogens is 2. The van der Waals surface area contributed by atoms with Gasteiger partial charge in [-0.1, -0.05) is 27.5 Å². The third-order valence-corrected chi connectivity index (χ3v) is 3.61. The van der Waals surface area contributed by atoms with Crippen molar-refractivity contribution in [3.63, 3.8) is 0 Å². The van der Waals surface area contributed by atoms with E-state index in [1.807, 2.05) is 13.1 Å². The van der Waals surface area contributed by atoms with Gasteiger partial charge in [0.15, 0.2) is 5.78 Å². The fraction of sp³-hybridized carbons (Fsp3) is 0.462. The monoisotopic (exact) mass is 317 g/mol. The molecule has 0 saturated heterocycles. The highest BCUT2D eigenvalue weighted by Crippen LogP contribution is 2.22. The molecule has 0 aliphatic carbocycles. The number of hydrogen-bond acceptors (Lipinski definition) is 2. The zero-order valence-electron chi connectivity index (χ0n) is 10.3. The largest absolute Gasteiger partial charge is 0.304 e. The third-order valence-electron chi connectivity index (χ3n) is 2.80. The summed E-state index contributed by atoms with van der Waals surface area (Å²) >= 11 is 9.36. The van der Waals surface area contributed by atoms with Crippen LogP contribution in [0, 0.1) is 0 Å². The van der Waals surface area contributed by atoms with Gasteiger partial charge in [-0.3, -0.25) is 4.79 Å². The van der Waals surface area contributed by atoms with E-state index >= 15 is 0 Å². The molecule has 0 unspecified atom stereocenters. The fourth-order valence-electron chi connectivity index (χ4n) is 1.39. The molecule has 0 amide bonds. The van der Waals surface area contributed by atoms with Crippen LogP contribution in [0.3, 0.4) is 0 Å². The van der Waals surface area contributed by atoms with Crippen molar-refractivity contribution in [3.8, 4) is 0 Å². The van der Waals surface area contributed by atoms with Crippen molar-refractivity contribution in [1.29, 1.82) is 0 Å². The van der Waals surface area contributed by atoms with E-state index in [1.54, 1.807) is 12.1 Å². The molecule has 2 nitrogen and oxygen atoms in total. The van der Waals surface area contributed by atoms with Crippen LogP contribution in [-0.2, 0) is 0 Å². The second-order valence-corrected chi connectivity index (χ2v) is 5.69. The molecule has 1 aromatic carbocycles. The minimum atomic E-state index is 0.0926. The molecule has 94 valence electrons. The quantitative estimate of drug-likeness (QED) is 0.764. The lowest BCUT2D eigenvalue weighted by Gasteiger charge is -2.20. The molecule has 0 N–H and O–H groups in total.